The zero-order chi connectivity index (χ0) is 16.2. The van der Waals surface area contributed by atoms with Crippen molar-refractivity contribution in [2.45, 2.75) is 13.0 Å². The first-order valence-electron chi connectivity index (χ1n) is 7.54. The summed E-state index contributed by atoms with van der Waals surface area (Å²) in [6, 6.07) is 16.7. The van der Waals surface area contributed by atoms with Gasteiger partial charge in [-0.3, -0.25) is 9.59 Å². The summed E-state index contributed by atoms with van der Waals surface area (Å²) in [5.74, 6) is -0.962. The first-order valence-corrected chi connectivity index (χ1v) is 7.91. The van der Waals surface area contributed by atoms with Crippen LogP contribution in [0.1, 0.15) is 12.0 Å². The van der Waals surface area contributed by atoms with Gasteiger partial charge in [0.05, 0.1) is 0 Å². The predicted octanol–water partition coefficient (Wildman–Crippen LogP) is 3.01. The molecule has 118 valence electrons. The maximum atomic E-state index is 12.5. The van der Waals surface area contributed by atoms with E-state index in [-0.39, 0.29) is 11.8 Å². The van der Waals surface area contributed by atoms with Crippen LogP contribution >= 0.6 is 11.6 Å². The molecular weight excluding hydrogens is 312 g/mol. The third-order valence-electron chi connectivity index (χ3n) is 3.97. The second kappa shape index (κ2) is 6.84. The zero-order valence-electron chi connectivity index (χ0n) is 12.5. The number of anilines is 1. The minimum Gasteiger partial charge on any atom is -0.351 e. The molecule has 1 N–H and O–H groups in total. The number of hydrogen-bond donors (Lipinski definition) is 1. The fourth-order valence-corrected chi connectivity index (χ4v) is 2.83. The number of hydrogen-bond acceptors (Lipinski definition) is 2. The van der Waals surface area contributed by atoms with E-state index in [1.165, 1.54) is 0 Å². The molecule has 1 saturated heterocycles. The van der Waals surface area contributed by atoms with Gasteiger partial charge < -0.3 is 10.2 Å². The van der Waals surface area contributed by atoms with E-state index in [1.54, 1.807) is 17.0 Å². The van der Waals surface area contributed by atoms with Gasteiger partial charge in [0.15, 0.2) is 0 Å². The summed E-state index contributed by atoms with van der Waals surface area (Å²) in [5.41, 5.74) is 1.79. The summed E-state index contributed by atoms with van der Waals surface area (Å²) in [4.78, 5) is 26.4. The molecule has 1 atom stereocenters. The van der Waals surface area contributed by atoms with E-state index < -0.39 is 5.92 Å². The van der Waals surface area contributed by atoms with Crippen LogP contribution in [-0.4, -0.2) is 18.4 Å². The Morgan fingerprint density at radius 1 is 1.13 bits per heavy atom. The highest BCUT2D eigenvalue weighted by Gasteiger charge is 2.37. The van der Waals surface area contributed by atoms with Crippen LogP contribution in [0.5, 0.6) is 0 Å². The van der Waals surface area contributed by atoms with E-state index in [1.807, 2.05) is 42.5 Å². The SMILES string of the molecule is O=C(NCc1ccc(Cl)cc1)[C@H]1CCN(c2ccccc2)C1=O. The molecule has 1 aliphatic heterocycles. The molecule has 0 aliphatic carbocycles. The number of amides is 2. The Morgan fingerprint density at radius 2 is 1.83 bits per heavy atom. The molecule has 0 unspecified atom stereocenters. The Morgan fingerprint density at radius 3 is 2.52 bits per heavy atom. The number of carbonyl (C=O) groups is 2. The summed E-state index contributed by atoms with van der Waals surface area (Å²) < 4.78 is 0. The van der Waals surface area contributed by atoms with E-state index in [2.05, 4.69) is 5.32 Å². The van der Waals surface area contributed by atoms with Gasteiger partial charge in [0.1, 0.15) is 5.92 Å². The van der Waals surface area contributed by atoms with Gasteiger partial charge in [0.25, 0.3) is 0 Å². The average molecular weight is 329 g/mol. The van der Waals surface area contributed by atoms with Gasteiger partial charge in [0.2, 0.25) is 11.8 Å². The Balaban J connectivity index is 1.60. The molecule has 23 heavy (non-hydrogen) atoms. The van der Waals surface area contributed by atoms with Crippen LogP contribution in [0, 0.1) is 5.92 Å². The van der Waals surface area contributed by atoms with Gasteiger partial charge in [-0.15, -0.1) is 0 Å². The molecule has 0 saturated carbocycles. The van der Waals surface area contributed by atoms with Gasteiger partial charge >= 0.3 is 0 Å². The summed E-state index contributed by atoms with van der Waals surface area (Å²) in [7, 11) is 0. The normalized spacial score (nSPS) is 17.3. The van der Waals surface area contributed by atoms with E-state index in [9.17, 15) is 9.59 Å². The Bertz CT molecular complexity index is 701. The number of carbonyl (C=O) groups excluding carboxylic acids is 2. The van der Waals surface area contributed by atoms with Crippen LogP contribution in [-0.2, 0) is 16.1 Å². The lowest BCUT2D eigenvalue weighted by Crippen LogP contribution is -2.36. The second-order valence-electron chi connectivity index (χ2n) is 5.51. The molecule has 2 aromatic carbocycles. The number of halogens is 1. The first-order chi connectivity index (χ1) is 11.1. The standard InChI is InChI=1S/C18H17ClN2O2/c19-14-8-6-13(7-9-14)12-20-17(22)16-10-11-21(18(16)23)15-4-2-1-3-5-15/h1-9,16H,10-12H2,(H,20,22)/t16-/m1/s1. The molecule has 0 radical (unpaired) electrons. The minimum atomic E-state index is -0.609. The second-order valence-corrected chi connectivity index (χ2v) is 5.95. The zero-order valence-corrected chi connectivity index (χ0v) is 13.3. The van der Waals surface area contributed by atoms with Crippen molar-refractivity contribution < 1.29 is 9.59 Å². The van der Waals surface area contributed by atoms with Crippen molar-refractivity contribution in [3.8, 4) is 0 Å². The fraction of sp³-hybridized carbons (Fsp3) is 0.222. The van der Waals surface area contributed by atoms with Crippen molar-refractivity contribution in [1.29, 1.82) is 0 Å². The molecule has 0 bridgehead atoms. The monoisotopic (exact) mass is 328 g/mol. The lowest BCUT2D eigenvalue weighted by molar-refractivity contribution is -0.132. The maximum Gasteiger partial charge on any atom is 0.239 e. The summed E-state index contributed by atoms with van der Waals surface area (Å²) in [6.07, 6.45) is 0.542. The van der Waals surface area contributed by atoms with Gasteiger partial charge in [-0.05, 0) is 36.2 Å². The molecule has 3 rings (SSSR count). The number of nitrogens with one attached hydrogen (secondary N) is 1. The molecule has 1 fully saturated rings. The Labute approximate surface area is 140 Å². The highest BCUT2D eigenvalue weighted by Crippen LogP contribution is 2.25. The van der Waals surface area contributed by atoms with E-state index in [4.69, 9.17) is 11.6 Å². The minimum absolute atomic E-state index is 0.134. The van der Waals surface area contributed by atoms with Crippen molar-refractivity contribution in [2.75, 3.05) is 11.4 Å². The van der Waals surface area contributed by atoms with Crippen molar-refractivity contribution in [3.05, 3.63) is 65.2 Å². The summed E-state index contributed by atoms with van der Waals surface area (Å²) in [5, 5.41) is 3.49. The topological polar surface area (TPSA) is 49.4 Å². The molecule has 2 amide bonds. The summed E-state index contributed by atoms with van der Waals surface area (Å²) >= 11 is 5.83. The quantitative estimate of drug-likeness (QED) is 0.877. The van der Waals surface area contributed by atoms with Crippen molar-refractivity contribution >= 4 is 29.1 Å². The van der Waals surface area contributed by atoms with Gasteiger partial charge in [-0.1, -0.05) is 41.9 Å². The third kappa shape index (κ3) is 3.54. The predicted molar refractivity (Wildman–Crippen MR) is 90.2 cm³/mol. The number of para-hydroxylation sites is 1. The number of benzene rings is 2. The van der Waals surface area contributed by atoms with E-state index in [0.29, 0.717) is 24.5 Å². The van der Waals surface area contributed by atoms with Crippen LogP contribution in [0.4, 0.5) is 5.69 Å². The number of rotatable bonds is 4. The van der Waals surface area contributed by atoms with Crippen molar-refractivity contribution in [2.24, 2.45) is 5.92 Å². The molecule has 5 heteroatoms. The smallest absolute Gasteiger partial charge is 0.239 e. The van der Waals surface area contributed by atoms with E-state index >= 15 is 0 Å². The lowest BCUT2D eigenvalue weighted by Gasteiger charge is -2.16. The van der Waals surface area contributed by atoms with Crippen LogP contribution < -0.4 is 10.2 Å². The van der Waals surface area contributed by atoms with E-state index in [0.717, 1.165) is 11.3 Å². The lowest BCUT2D eigenvalue weighted by atomic mass is 10.1. The highest BCUT2D eigenvalue weighted by molar-refractivity contribution is 6.30. The van der Waals surface area contributed by atoms with Crippen LogP contribution in [0.3, 0.4) is 0 Å². The van der Waals surface area contributed by atoms with Gasteiger partial charge in [0, 0.05) is 23.8 Å². The van der Waals surface area contributed by atoms with Crippen molar-refractivity contribution in [1.82, 2.24) is 5.32 Å². The van der Waals surface area contributed by atoms with Gasteiger partial charge in [-0.2, -0.15) is 0 Å². The van der Waals surface area contributed by atoms with Crippen LogP contribution in [0.2, 0.25) is 5.02 Å². The molecule has 4 nitrogen and oxygen atoms in total. The largest absolute Gasteiger partial charge is 0.351 e. The highest BCUT2D eigenvalue weighted by atomic mass is 35.5. The Hall–Kier alpha value is -2.33. The van der Waals surface area contributed by atoms with Gasteiger partial charge in [-0.25, -0.2) is 0 Å². The fourth-order valence-electron chi connectivity index (χ4n) is 2.70. The molecular formula is C18H17ClN2O2. The number of nitrogens with zero attached hydrogens (tertiary/aromatic N) is 1. The molecule has 0 aromatic heterocycles. The molecule has 2 aromatic rings. The third-order valence-corrected chi connectivity index (χ3v) is 4.22. The van der Waals surface area contributed by atoms with Crippen molar-refractivity contribution in [3.63, 3.8) is 0 Å². The average Bonchev–Trinajstić information content (AvgIpc) is 2.96. The summed E-state index contributed by atoms with van der Waals surface area (Å²) in [6.45, 7) is 0.965. The maximum absolute atomic E-state index is 12.5. The Kier molecular flexibility index (Phi) is 4.63. The first kappa shape index (κ1) is 15.6. The molecule has 0 spiro atoms. The van der Waals surface area contributed by atoms with Crippen LogP contribution in [0.15, 0.2) is 54.6 Å². The molecule has 1 heterocycles. The van der Waals surface area contributed by atoms with Crippen LogP contribution in [0.25, 0.3) is 0 Å². The molecule has 1 aliphatic rings.